The third-order valence-corrected chi connectivity index (χ3v) is 3.78. The highest BCUT2D eigenvalue weighted by atomic mass is 32.2. The summed E-state index contributed by atoms with van der Waals surface area (Å²) in [6.45, 7) is 0. The summed E-state index contributed by atoms with van der Waals surface area (Å²) in [5.41, 5.74) is 0.705. The van der Waals surface area contributed by atoms with Crippen LogP contribution in [-0.4, -0.2) is 42.3 Å². The minimum atomic E-state index is -0.975. The van der Waals surface area contributed by atoms with Crippen molar-refractivity contribution in [3.8, 4) is 0 Å². The van der Waals surface area contributed by atoms with Gasteiger partial charge in [-0.2, -0.15) is 0 Å². The SMILES string of the molecule is COC(CSc1ccc2cccc(C(=O)O)c2n1)OC. The van der Waals surface area contributed by atoms with E-state index in [4.69, 9.17) is 9.47 Å². The number of carbonyl (C=O) groups is 1. The maximum Gasteiger partial charge on any atom is 0.337 e. The van der Waals surface area contributed by atoms with E-state index in [0.717, 1.165) is 10.4 Å². The molecule has 1 aromatic carbocycles. The van der Waals surface area contributed by atoms with Crippen LogP contribution in [0.25, 0.3) is 10.9 Å². The van der Waals surface area contributed by atoms with E-state index in [2.05, 4.69) is 4.98 Å². The molecule has 6 heteroatoms. The first-order valence-corrected chi connectivity index (χ1v) is 6.95. The number of aromatic nitrogens is 1. The van der Waals surface area contributed by atoms with Gasteiger partial charge in [-0.25, -0.2) is 9.78 Å². The molecule has 0 aliphatic carbocycles. The average Bonchev–Trinajstić information content (AvgIpc) is 2.47. The van der Waals surface area contributed by atoms with Crippen LogP contribution in [0.5, 0.6) is 0 Å². The molecule has 0 fully saturated rings. The Morgan fingerprint density at radius 3 is 2.70 bits per heavy atom. The summed E-state index contributed by atoms with van der Waals surface area (Å²) in [5.74, 6) is -0.391. The summed E-state index contributed by atoms with van der Waals surface area (Å²) in [7, 11) is 3.15. The van der Waals surface area contributed by atoms with E-state index in [1.165, 1.54) is 11.8 Å². The third kappa shape index (κ3) is 3.27. The smallest absolute Gasteiger partial charge is 0.337 e. The zero-order valence-corrected chi connectivity index (χ0v) is 12.0. The number of rotatable bonds is 6. The number of pyridine rings is 1. The van der Waals surface area contributed by atoms with Crippen molar-refractivity contribution in [2.45, 2.75) is 11.3 Å². The van der Waals surface area contributed by atoms with Crippen molar-refractivity contribution in [2.75, 3.05) is 20.0 Å². The van der Waals surface area contributed by atoms with Crippen molar-refractivity contribution >= 4 is 28.6 Å². The Kier molecular flexibility index (Phi) is 4.94. The number of methoxy groups -OCH3 is 2. The Morgan fingerprint density at radius 1 is 1.30 bits per heavy atom. The van der Waals surface area contributed by atoms with Crippen LogP contribution < -0.4 is 0 Å². The molecule has 1 aromatic heterocycles. The number of carboxylic acid groups (broad SMARTS) is 1. The molecule has 1 N–H and O–H groups in total. The van der Waals surface area contributed by atoms with Gasteiger partial charge in [0.1, 0.15) is 0 Å². The van der Waals surface area contributed by atoms with Crippen LogP contribution in [0, 0.1) is 0 Å². The quantitative estimate of drug-likeness (QED) is 0.652. The van der Waals surface area contributed by atoms with Crippen LogP contribution in [-0.2, 0) is 9.47 Å². The molecule has 0 saturated heterocycles. The lowest BCUT2D eigenvalue weighted by atomic mass is 10.1. The molecule has 0 unspecified atom stereocenters. The van der Waals surface area contributed by atoms with Crippen LogP contribution in [0.2, 0.25) is 0 Å². The van der Waals surface area contributed by atoms with Gasteiger partial charge in [0.25, 0.3) is 0 Å². The predicted molar refractivity (Wildman–Crippen MR) is 77.2 cm³/mol. The molecule has 2 rings (SSSR count). The topological polar surface area (TPSA) is 68.7 Å². The van der Waals surface area contributed by atoms with Crippen LogP contribution in [0.1, 0.15) is 10.4 Å². The molecule has 0 amide bonds. The van der Waals surface area contributed by atoms with Gasteiger partial charge in [-0.15, -0.1) is 11.8 Å². The highest BCUT2D eigenvalue weighted by Crippen LogP contribution is 2.23. The molecular formula is C14H15NO4S. The van der Waals surface area contributed by atoms with E-state index < -0.39 is 5.97 Å². The lowest BCUT2D eigenvalue weighted by molar-refractivity contribution is -0.0842. The van der Waals surface area contributed by atoms with Crippen LogP contribution in [0.3, 0.4) is 0 Å². The van der Waals surface area contributed by atoms with Crippen molar-refractivity contribution in [3.05, 3.63) is 35.9 Å². The molecule has 0 atom stereocenters. The van der Waals surface area contributed by atoms with Gasteiger partial charge in [-0.3, -0.25) is 0 Å². The standard InChI is InChI=1S/C14H15NO4S/c1-18-12(19-2)8-20-11-7-6-9-4-3-5-10(14(16)17)13(9)15-11/h3-7,12H,8H2,1-2H3,(H,16,17). The zero-order valence-electron chi connectivity index (χ0n) is 11.2. The fourth-order valence-corrected chi connectivity index (χ4v) is 2.67. The fraction of sp³-hybridized carbons (Fsp3) is 0.286. The third-order valence-electron chi connectivity index (χ3n) is 2.82. The molecule has 0 radical (unpaired) electrons. The number of carboxylic acids is 1. The van der Waals surface area contributed by atoms with Gasteiger partial charge in [0.05, 0.1) is 21.9 Å². The summed E-state index contributed by atoms with van der Waals surface area (Å²) in [6, 6.07) is 8.84. The second-order valence-corrected chi connectivity index (χ2v) is 5.08. The van der Waals surface area contributed by atoms with E-state index in [1.807, 2.05) is 18.2 Å². The van der Waals surface area contributed by atoms with Crippen molar-refractivity contribution in [1.29, 1.82) is 0 Å². The minimum Gasteiger partial charge on any atom is -0.478 e. The Balaban J connectivity index is 2.28. The summed E-state index contributed by atoms with van der Waals surface area (Å²) < 4.78 is 10.2. The van der Waals surface area contributed by atoms with Gasteiger partial charge >= 0.3 is 5.97 Å². The van der Waals surface area contributed by atoms with Gasteiger partial charge in [0.2, 0.25) is 0 Å². The van der Waals surface area contributed by atoms with E-state index >= 15 is 0 Å². The highest BCUT2D eigenvalue weighted by molar-refractivity contribution is 7.99. The molecule has 106 valence electrons. The second kappa shape index (κ2) is 6.69. The normalized spacial score (nSPS) is 11.2. The average molecular weight is 293 g/mol. The molecule has 0 bridgehead atoms. The van der Waals surface area contributed by atoms with Gasteiger partial charge in [-0.1, -0.05) is 18.2 Å². The van der Waals surface area contributed by atoms with Gasteiger partial charge in [0, 0.05) is 19.6 Å². The first-order valence-electron chi connectivity index (χ1n) is 5.97. The van der Waals surface area contributed by atoms with Gasteiger partial charge in [0.15, 0.2) is 6.29 Å². The molecule has 5 nitrogen and oxygen atoms in total. The number of nitrogens with zero attached hydrogens (tertiary/aromatic N) is 1. The molecule has 0 aliphatic rings. The first kappa shape index (κ1) is 14.8. The number of benzene rings is 1. The van der Waals surface area contributed by atoms with Gasteiger partial charge in [-0.05, 0) is 12.1 Å². The predicted octanol–water partition coefficient (Wildman–Crippen LogP) is 2.64. The number of para-hydroxylation sites is 1. The second-order valence-electron chi connectivity index (χ2n) is 4.04. The summed E-state index contributed by atoms with van der Waals surface area (Å²) in [6.07, 6.45) is -0.313. The number of thioether (sulfide) groups is 1. The van der Waals surface area contributed by atoms with Crippen molar-refractivity contribution < 1.29 is 19.4 Å². The molecule has 0 spiro atoms. The van der Waals surface area contributed by atoms with Gasteiger partial charge < -0.3 is 14.6 Å². The fourth-order valence-electron chi connectivity index (χ4n) is 1.77. The lowest BCUT2D eigenvalue weighted by Crippen LogP contribution is -2.15. The molecular weight excluding hydrogens is 278 g/mol. The number of ether oxygens (including phenoxy) is 2. The summed E-state index contributed by atoms with van der Waals surface area (Å²) in [4.78, 5) is 15.6. The number of hydrogen-bond acceptors (Lipinski definition) is 5. The maximum absolute atomic E-state index is 11.2. The monoisotopic (exact) mass is 293 g/mol. The minimum absolute atomic E-state index is 0.208. The molecule has 20 heavy (non-hydrogen) atoms. The van der Waals surface area contributed by atoms with Crippen molar-refractivity contribution in [1.82, 2.24) is 4.98 Å². The highest BCUT2D eigenvalue weighted by Gasteiger charge is 2.11. The van der Waals surface area contributed by atoms with Crippen LogP contribution >= 0.6 is 11.8 Å². The number of hydrogen-bond donors (Lipinski definition) is 1. The number of fused-ring (bicyclic) bond motifs is 1. The van der Waals surface area contributed by atoms with E-state index in [-0.39, 0.29) is 11.9 Å². The largest absolute Gasteiger partial charge is 0.478 e. The van der Waals surface area contributed by atoms with E-state index in [9.17, 15) is 9.90 Å². The maximum atomic E-state index is 11.2. The van der Waals surface area contributed by atoms with Crippen LogP contribution in [0.4, 0.5) is 0 Å². The number of aromatic carboxylic acids is 1. The first-order chi connectivity index (χ1) is 9.65. The molecule has 2 aromatic rings. The Bertz CT molecular complexity index is 613. The summed E-state index contributed by atoms with van der Waals surface area (Å²) >= 11 is 1.46. The lowest BCUT2D eigenvalue weighted by Gasteiger charge is -2.12. The van der Waals surface area contributed by atoms with Crippen molar-refractivity contribution in [3.63, 3.8) is 0 Å². The Morgan fingerprint density at radius 2 is 2.05 bits per heavy atom. The molecule has 0 saturated carbocycles. The summed E-state index contributed by atoms with van der Waals surface area (Å²) in [5, 5.41) is 10.7. The van der Waals surface area contributed by atoms with Crippen molar-refractivity contribution in [2.24, 2.45) is 0 Å². The Hall–Kier alpha value is -1.63. The molecule has 1 heterocycles. The molecule has 0 aliphatic heterocycles. The van der Waals surface area contributed by atoms with E-state index in [0.29, 0.717) is 11.3 Å². The van der Waals surface area contributed by atoms with Crippen LogP contribution in [0.15, 0.2) is 35.4 Å². The van der Waals surface area contributed by atoms with E-state index in [1.54, 1.807) is 26.4 Å². The zero-order chi connectivity index (χ0) is 14.5. The Labute approximate surface area is 120 Å².